The summed E-state index contributed by atoms with van der Waals surface area (Å²) >= 11 is 2.93. The molecule has 3 heterocycles. The number of carboxylic acid groups (broad SMARTS) is 1. The third-order valence-electron chi connectivity index (χ3n) is 12.4. The van der Waals surface area contributed by atoms with Crippen molar-refractivity contribution in [2.75, 3.05) is 82.4 Å². The number of aromatic nitrogens is 3. The zero-order valence-electron chi connectivity index (χ0n) is 52.1. The number of alkyl carbamates (subject to hydrolysis) is 1. The standard InChI is InChI=1S/C46H49FN8O4S2.C11H21NO3.C4H11N.2CH3NO/c1-7-24-58-29-34-27-35(48-3)20-19-33(34)28-55(5,6)23-11-13-32-18-21-39(37(47)26-32)59-25-12-17-41(42(49-4)45(56)57)60-30-54-22-10-14-36-31(2)43(52-53-44(36)54)51-46-50-38-15-8-9-16-40(38)61-46;1-8(2)9(6-7-13)12-10(14)15-11(3,4)5;1-3-4-5-2;2*2-1-3/h1,8-9,15-16,18-21,26-27,48H,4,10,12,14,17,22-25,28-30H2,2-3,5-6H3,(H-,50,51,52,56,57);7-9H,6H2,1-5H3,(H,12,14);5H,3-4H2,1-2H3;2*1H,(H2,2,3)/p+1/b42-41-;;;;. The highest BCUT2D eigenvalue weighted by atomic mass is 32.2. The molecule has 0 aliphatic carbocycles. The number of carbonyl (C=O) groups is 5. The number of halogens is 1. The number of terminal acetylenes is 1. The van der Waals surface area contributed by atoms with Crippen molar-refractivity contribution in [2.24, 2.45) is 22.4 Å². The van der Waals surface area contributed by atoms with Gasteiger partial charge in [-0.1, -0.05) is 62.1 Å². The number of thiazole rings is 1. The van der Waals surface area contributed by atoms with E-state index < -0.39 is 23.5 Å². The van der Waals surface area contributed by atoms with Crippen molar-refractivity contribution < 1.29 is 52.2 Å². The van der Waals surface area contributed by atoms with Gasteiger partial charge in [0.2, 0.25) is 12.8 Å². The summed E-state index contributed by atoms with van der Waals surface area (Å²) in [6.45, 7) is 21.0. The molecule has 24 heteroatoms. The van der Waals surface area contributed by atoms with Crippen LogP contribution >= 0.6 is 23.1 Å². The number of hydrogen-bond donors (Lipinski definition) is 7. The SMILES string of the molecule is C#CCOCc1cc(NC)ccc1C[N+](C)(C)CC#Cc1ccc(OCCC/C(SCN2CCCc3c2nnc(Nc2nc4ccccc4s2)c3C)=C(/N=C)C(=O)O)c(F)c1.CC(C)C(CC=O)NC(=O)OC(C)(C)C.CCCNC.NC=O.NC=O. The third kappa shape index (κ3) is 27.8. The molecule has 3 amide bonds. The first kappa shape index (κ1) is 75.0. The van der Waals surface area contributed by atoms with Gasteiger partial charge in [-0.2, -0.15) is 0 Å². The van der Waals surface area contributed by atoms with Crippen LogP contribution in [0.5, 0.6) is 5.75 Å². The van der Waals surface area contributed by atoms with Gasteiger partial charge in [0.25, 0.3) is 0 Å². The number of carbonyl (C=O) groups excluding carboxylic acids is 4. The van der Waals surface area contributed by atoms with Crippen molar-refractivity contribution in [2.45, 2.75) is 112 Å². The number of nitrogens with zero attached hydrogens (tertiary/aromatic N) is 6. The maximum Gasteiger partial charge on any atom is 0.407 e. The molecule has 1 aliphatic heterocycles. The summed E-state index contributed by atoms with van der Waals surface area (Å²) < 4.78 is 33.4. The monoisotopic (exact) mass is 1240 g/mol. The Kier molecular flexibility index (Phi) is 34.7. The number of ether oxygens (including phenoxy) is 3. The van der Waals surface area contributed by atoms with Crippen molar-refractivity contribution in [3.63, 3.8) is 0 Å². The van der Waals surface area contributed by atoms with Gasteiger partial charge in [0.15, 0.2) is 34.0 Å². The minimum atomic E-state index is -1.16. The van der Waals surface area contributed by atoms with Crippen LogP contribution in [0.2, 0.25) is 0 Å². The molecule has 21 nitrogen and oxygen atoms in total. The summed E-state index contributed by atoms with van der Waals surface area (Å²) in [6.07, 6.45) is 10.3. The zero-order valence-corrected chi connectivity index (χ0v) is 53.7. The Morgan fingerprint density at radius 2 is 1.77 bits per heavy atom. The number of anilines is 4. The number of aldehydes is 1. The summed E-state index contributed by atoms with van der Waals surface area (Å²) in [5.74, 6) is 9.31. The number of carboxylic acids is 1. The molecular weight excluding hydrogens is 1150 g/mol. The fourth-order valence-electron chi connectivity index (χ4n) is 8.19. The van der Waals surface area contributed by atoms with Crippen LogP contribution in [0.1, 0.15) is 101 Å². The Hall–Kier alpha value is -8.13. The van der Waals surface area contributed by atoms with Gasteiger partial charge in [-0.3, -0.25) is 14.6 Å². The maximum absolute atomic E-state index is 15.2. The molecule has 1 aliphatic rings. The fraction of sp³-hybridized carbons (Fsp3) is 0.444. The maximum atomic E-state index is 15.2. The molecule has 0 radical (unpaired) electrons. The van der Waals surface area contributed by atoms with E-state index in [9.17, 15) is 19.5 Å². The Bertz CT molecular complexity index is 3090. The van der Waals surface area contributed by atoms with Gasteiger partial charge in [0, 0.05) is 58.9 Å². The minimum Gasteiger partial charge on any atom is -0.491 e. The average Bonchev–Trinajstić information content (AvgIpc) is 2.41. The van der Waals surface area contributed by atoms with Crippen LogP contribution in [0.25, 0.3) is 10.2 Å². The molecule has 1 atom stereocenters. The summed E-state index contributed by atoms with van der Waals surface area (Å²) in [5.41, 5.74) is 14.5. The number of benzene rings is 3. The molecular formula is C63H88FN12O9S2+. The van der Waals surface area contributed by atoms with E-state index in [0.717, 1.165) is 81.3 Å². The van der Waals surface area contributed by atoms with Crippen molar-refractivity contribution in [3.8, 4) is 29.9 Å². The summed E-state index contributed by atoms with van der Waals surface area (Å²) in [7, 11) is 8.02. The second-order valence-corrected chi connectivity index (χ2v) is 23.4. The van der Waals surface area contributed by atoms with Crippen molar-refractivity contribution >= 4 is 93.7 Å². The Morgan fingerprint density at radius 3 is 2.36 bits per heavy atom. The van der Waals surface area contributed by atoms with Crippen LogP contribution in [0.3, 0.4) is 0 Å². The Balaban J connectivity index is 0.000000830. The highest BCUT2D eigenvalue weighted by Crippen LogP contribution is 2.36. The van der Waals surface area contributed by atoms with Crippen LogP contribution < -0.4 is 42.4 Å². The molecule has 0 fully saturated rings. The number of rotatable bonds is 25. The second kappa shape index (κ2) is 40.3. The number of fused-ring (bicyclic) bond motifs is 2. The van der Waals surface area contributed by atoms with E-state index in [0.29, 0.717) is 65.6 Å². The number of nitrogens with two attached hydrogens (primary N) is 2. The molecule has 0 saturated heterocycles. The number of thioether (sulfide) groups is 1. The third-order valence-corrected chi connectivity index (χ3v) is 14.5. The van der Waals surface area contributed by atoms with E-state index in [1.807, 2.05) is 65.2 Å². The molecule has 5 aromatic rings. The number of hydrogen-bond acceptors (Lipinski definition) is 18. The minimum absolute atomic E-state index is 0.0978. The summed E-state index contributed by atoms with van der Waals surface area (Å²) in [5, 5.41) is 32.1. The van der Waals surface area contributed by atoms with E-state index in [1.165, 1.54) is 24.2 Å². The highest BCUT2D eigenvalue weighted by molar-refractivity contribution is 8.03. The zero-order chi connectivity index (χ0) is 65.0. The van der Waals surface area contributed by atoms with Crippen LogP contribution in [0.4, 0.5) is 31.6 Å². The van der Waals surface area contributed by atoms with E-state index in [4.69, 9.17) is 30.2 Å². The predicted molar refractivity (Wildman–Crippen MR) is 349 cm³/mol. The smallest absolute Gasteiger partial charge is 0.407 e. The number of para-hydroxylation sites is 1. The van der Waals surface area contributed by atoms with Crippen molar-refractivity contribution in [1.29, 1.82) is 0 Å². The molecule has 6 rings (SSSR count). The number of amides is 3. The molecule has 0 spiro atoms. The van der Waals surface area contributed by atoms with Crippen LogP contribution in [-0.2, 0) is 48.2 Å². The van der Waals surface area contributed by atoms with E-state index in [2.05, 4.69) is 115 Å². The van der Waals surface area contributed by atoms with Gasteiger partial charge in [-0.05, 0) is 140 Å². The number of aliphatic imine (C=N–C) groups is 1. The molecule has 87 heavy (non-hydrogen) atoms. The predicted octanol–water partition coefficient (Wildman–Crippen LogP) is 9.34. The lowest BCUT2D eigenvalue weighted by Crippen LogP contribution is -2.41. The molecule has 0 saturated carbocycles. The van der Waals surface area contributed by atoms with Crippen molar-refractivity contribution in [3.05, 3.63) is 105 Å². The van der Waals surface area contributed by atoms with Gasteiger partial charge >= 0.3 is 12.1 Å². The quantitative estimate of drug-likeness (QED) is 0.00715. The number of quaternary nitrogens is 1. The molecule has 2 aromatic heterocycles. The number of primary amides is 2. The second-order valence-electron chi connectivity index (χ2n) is 21.3. The first-order valence-electron chi connectivity index (χ1n) is 28.2. The van der Waals surface area contributed by atoms with E-state index in [-0.39, 0.29) is 49.4 Å². The molecule has 0 bridgehead atoms. The Morgan fingerprint density at radius 1 is 1.06 bits per heavy atom. The molecule has 472 valence electrons. The average molecular weight is 1240 g/mol. The number of aliphatic carboxylic acids is 1. The number of nitrogens with one attached hydrogen (secondary N) is 4. The van der Waals surface area contributed by atoms with E-state index >= 15 is 4.39 Å². The van der Waals surface area contributed by atoms with Gasteiger partial charge in [0.1, 0.15) is 31.6 Å². The normalized spacial score (nSPS) is 12.0. The fourth-order valence-corrected chi connectivity index (χ4v) is 10.2. The van der Waals surface area contributed by atoms with Crippen LogP contribution in [-0.4, -0.2) is 141 Å². The summed E-state index contributed by atoms with van der Waals surface area (Å²) in [4.78, 5) is 62.3. The lowest BCUT2D eigenvalue weighted by Gasteiger charge is -2.30. The van der Waals surface area contributed by atoms with Crippen LogP contribution in [0.15, 0.2) is 76.3 Å². The molecule has 9 N–H and O–H groups in total. The number of allylic oxidation sites excluding steroid dienone is 1. The highest BCUT2D eigenvalue weighted by Gasteiger charge is 2.26. The van der Waals surface area contributed by atoms with Crippen molar-refractivity contribution in [1.82, 2.24) is 25.8 Å². The van der Waals surface area contributed by atoms with Gasteiger partial charge in [-0.25, -0.2) is 19.0 Å². The van der Waals surface area contributed by atoms with E-state index in [1.54, 1.807) is 44.2 Å². The van der Waals surface area contributed by atoms with Gasteiger partial charge < -0.3 is 66.2 Å². The lowest BCUT2D eigenvalue weighted by molar-refractivity contribution is -0.896. The first-order valence-corrected chi connectivity index (χ1v) is 30.0. The Labute approximate surface area is 520 Å². The largest absolute Gasteiger partial charge is 0.491 e. The van der Waals surface area contributed by atoms with Crippen LogP contribution in [0, 0.1) is 42.8 Å². The first-order chi connectivity index (χ1) is 41.5. The summed E-state index contributed by atoms with van der Waals surface area (Å²) in [6, 6.07) is 18.7. The molecule has 1 unspecified atom stereocenters. The lowest BCUT2D eigenvalue weighted by atomic mass is 10.0. The van der Waals surface area contributed by atoms with Gasteiger partial charge in [0.05, 0.1) is 43.4 Å². The topological polar surface area (TPSA) is 288 Å². The van der Waals surface area contributed by atoms with Gasteiger partial charge in [-0.15, -0.1) is 28.4 Å². The molecule has 3 aromatic carbocycles.